The van der Waals surface area contributed by atoms with Crippen molar-refractivity contribution in [3.8, 4) is 6.07 Å². The van der Waals surface area contributed by atoms with E-state index in [0.717, 1.165) is 12.5 Å². The molecule has 0 spiro atoms. The lowest BCUT2D eigenvalue weighted by Crippen LogP contribution is -2.44. The van der Waals surface area contributed by atoms with Crippen LogP contribution in [0.5, 0.6) is 0 Å². The number of carbonyl (C=O) groups is 1. The highest BCUT2D eigenvalue weighted by Crippen LogP contribution is 2.18. The molecule has 4 nitrogen and oxygen atoms in total. The predicted octanol–water partition coefficient (Wildman–Crippen LogP) is 1.39. The Bertz CT molecular complexity index is 481. The first-order chi connectivity index (χ1) is 8.20. The van der Waals surface area contributed by atoms with Gasteiger partial charge in [-0.05, 0) is 31.0 Å². The molecule has 0 aromatic heterocycles. The highest BCUT2D eigenvalue weighted by molar-refractivity contribution is 5.85. The molecule has 1 saturated heterocycles. The summed E-state index contributed by atoms with van der Waals surface area (Å²) in [6.07, 6.45) is 1.56. The third-order valence-corrected chi connectivity index (χ3v) is 2.71. The van der Waals surface area contributed by atoms with E-state index in [1.807, 2.05) is 6.07 Å². The van der Waals surface area contributed by atoms with Gasteiger partial charge in [0.2, 0.25) is 5.91 Å². The average Bonchev–Trinajstić information content (AvgIpc) is 2.34. The summed E-state index contributed by atoms with van der Waals surface area (Å²) in [5.41, 5.74) is 0.521. The Kier molecular flexibility index (Phi) is 3.24. The number of benzene rings is 1. The largest absolute Gasteiger partial charge is 0.371 e. The van der Waals surface area contributed by atoms with Crippen LogP contribution in [0.2, 0.25) is 0 Å². The number of nitriles is 1. The molecule has 1 unspecified atom stereocenters. The summed E-state index contributed by atoms with van der Waals surface area (Å²) in [6, 6.07) is 5.62. The Labute approximate surface area is 98.4 Å². The summed E-state index contributed by atoms with van der Waals surface area (Å²) in [7, 11) is 0. The molecule has 0 radical (unpaired) electrons. The topological polar surface area (TPSA) is 64.9 Å². The SMILES string of the molecule is N#Cc1ccc(NC2CCCNC2=O)c(F)c1. The number of hydrogen-bond acceptors (Lipinski definition) is 3. The van der Waals surface area contributed by atoms with Gasteiger partial charge >= 0.3 is 0 Å². The van der Waals surface area contributed by atoms with Crippen molar-refractivity contribution in [3.05, 3.63) is 29.6 Å². The minimum atomic E-state index is -0.512. The van der Waals surface area contributed by atoms with Crippen LogP contribution in [0.4, 0.5) is 10.1 Å². The molecule has 1 heterocycles. The number of anilines is 1. The molecule has 1 aromatic carbocycles. The van der Waals surface area contributed by atoms with Crippen molar-refractivity contribution in [2.75, 3.05) is 11.9 Å². The van der Waals surface area contributed by atoms with Crippen LogP contribution in [0.25, 0.3) is 0 Å². The minimum absolute atomic E-state index is 0.111. The third kappa shape index (κ3) is 2.53. The maximum Gasteiger partial charge on any atom is 0.242 e. The fraction of sp³-hybridized carbons (Fsp3) is 0.333. The van der Waals surface area contributed by atoms with Gasteiger partial charge < -0.3 is 10.6 Å². The van der Waals surface area contributed by atoms with Gasteiger partial charge in [0.15, 0.2) is 0 Å². The highest BCUT2D eigenvalue weighted by atomic mass is 19.1. The second kappa shape index (κ2) is 4.83. The van der Waals surface area contributed by atoms with E-state index in [9.17, 15) is 9.18 Å². The Hall–Kier alpha value is -2.09. The van der Waals surface area contributed by atoms with Crippen LogP contribution in [-0.2, 0) is 4.79 Å². The van der Waals surface area contributed by atoms with Crippen LogP contribution in [-0.4, -0.2) is 18.5 Å². The van der Waals surface area contributed by atoms with Crippen molar-refractivity contribution in [2.45, 2.75) is 18.9 Å². The second-order valence-corrected chi connectivity index (χ2v) is 3.94. The molecule has 1 aliphatic rings. The lowest BCUT2D eigenvalue weighted by atomic mass is 10.1. The van der Waals surface area contributed by atoms with Crippen molar-refractivity contribution >= 4 is 11.6 Å². The molecule has 2 rings (SSSR count). The molecule has 5 heteroatoms. The van der Waals surface area contributed by atoms with E-state index in [1.54, 1.807) is 0 Å². The zero-order chi connectivity index (χ0) is 12.3. The molecule has 2 N–H and O–H groups in total. The van der Waals surface area contributed by atoms with Crippen LogP contribution in [0.15, 0.2) is 18.2 Å². The Morgan fingerprint density at radius 1 is 1.53 bits per heavy atom. The van der Waals surface area contributed by atoms with E-state index in [4.69, 9.17) is 5.26 Å². The molecule has 88 valence electrons. The Balaban J connectivity index is 2.13. The molecule has 0 aliphatic carbocycles. The van der Waals surface area contributed by atoms with E-state index in [1.165, 1.54) is 12.1 Å². The molecule has 0 saturated carbocycles. The lowest BCUT2D eigenvalue weighted by Gasteiger charge is -2.23. The summed E-state index contributed by atoms with van der Waals surface area (Å²) >= 11 is 0. The van der Waals surface area contributed by atoms with Gasteiger partial charge in [-0.15, -0.1) is 0 Å². The van der Waals surface area contributed by atoms with Crippen molar-refractivity contribution in [2.24, 2.45) is 0 Å². The summed E-state index contributed by atoms with van der Waals surface area (Å²) in [4.78, 5) is 11.5. The molecule has 1 amide bonds. The number of nitrogens with zero attached hydrogens (tertiary/aromatic N) is 1. The molecule has 0 bridgehead atoms. The number of halogens is 1. The van der Waals surface area contributed by atoms with Gasteiger partial charge in [-0.1, -0.05) is 0 Å². The van der Waals surface area contributed by atoms with E-state index in [-0.39, 0.29) is 17.2 Å². The van der Waals surface area contributed by atoms with Crippen molar-refractivity contribution in [1.82, 2.24) is 5.32 Å². The summed E-state index contributed by atoms with van der Waals surface area (Å²) < 4.78 is 13.6. The highest BCUT2D eigenvalue weighted by Gasteiger charge is 2.22. The van der Waals surface area contributed by atoms with E-state index >= 15 is 0 Å². The quantitative estimate of drug-likeness (QED) is 0.811. The Morgan fingerprint density at radius 2 is 2.35 bits per heavy atom. The maximum absolute atomic E-state index is 13.6. The number of piperidine rings is 1. The number of nitrogens with one attached hydrogen (secondary N) is 2. The standard InChI is InChI=1S/C12H12FN3O/c13-9-6-8(7-14)3-4-10(9)16-11-2-1-5-15-12(11)17/h3-4,6,11,16H,1-2,5H2,(H,15,17). The van der Waals surface area contributed by atoms with Gasteiger partial charge in [-0.2, -0.15) is 5.26 Å². The first-order valence-electron chi connectivity index (χ1n) is 5.44. The predicted molar refractivity (Wildman–Crippen MR) is 60.8 cm³/mol. The first-order valence-corrected chi connectivity index (χ1v) is 5.44. The lowest BCUT2D eigenvalue weighted by molar-refractivity contribution is -0.123. The zero-order valence-electron chi connectivity index (χ0n) is 9.16. The van der Waals surface area contributed by atoms with Gasteiger partial charge in [0.1, 0.15) is 11.9 Å². The van der Waals surface area contributed by atoms with Crippen LogP contribution >= 0.6 is 0 Å². The summed E-state index contributed by atoms with van der Waals surface area (Å²) in [5.74, 6) is -0.623. The van der Waals surface area contributed by atoms with E-state index < -0.39 is 11.9 Å². The minimum Gasteiger partial charge on any atom is -0.371 e. The average molecular weight is 233 g/mol. The smallest absolute Gasteiger partial charge is 0.242 e. The molecular weight excluding hydrogens is 221 g/mol. The molecule has 1 aliphatic heterocycles. The van der Waals surface area contributed by atoms with Gasteiger partial charge in [-0.25, -0.2) is 4.39 Å². The molecule has 1 atom stereocenters. The number of amides is 1. The summed E-state index contributed by atoms with van der Waals surface area (Å²) in [6.45, 7) is 0.673. The third-order valence-electron chi connectivity index (χ3n) is 2.71. The normalized spacial score (nSPS) is 19.3. The Morgan fingerprint density at radius 3 is 3.00 bits per heavy atom. The van der Waals surface area contributed by atoms with E-state index in [2.05, 4.69) is 10.6 Å². The van der Waals surface area contributed by atoms with Crippen LogP contribution < -0.4 is 10.6 Å². The molecule has 1 aromatic rings. The second-order valence-electron chi connectivity index (χ2n) is 3.94. The molecule has 17 heavy (non-hydrogen) atoms. The molecule has 1 fully saturated rings. The number of carbonyl (C=O) groups excluding carboxylic acids is 1. The number of rotatable bonds is 2. The van der Waals surface area contributed by atoms with Crippen LogP contribution in [0.1, 0.15) is 18.4 Å². The zero-order valence-corrected chi connectivity index (χ0v) is 9.16. The van der Waals surface area contributed by atoms with Crippen molar-refractivity contribution in [1.29, 1.82) is 5.26 Å². The fourth-order valence-corrected chi connectivity index (χ4v) is 1.80. The fourth-order valence-electron chi connectivity index (χ4n) is 1.80. The van der Waals surface area contributed by atoms with Crippen LogP contribution in [0, 0.1) is 17.1 Å². The van der Waals surface area contributed by atoms with Gasteiger partial charge in [-0.3, -0.25) is 4.79 Å². The van der Waals surface area contributed by atoms with E-state index in [0.29, 0.717) is 13.0 Å². The van der Waals surface area contributed by atoms with Gasteiger partial charge in [0.05, 0.1) is 17.3 Å². The summed E-state index contributed by atoms with van der Waals surface area (Å²) in [5, 5.41) is 14.2. The van der Waals surface area contributed by atoms with Crippen LogP contribution in [0.3, 0.4) is 0 Å². The monoisotopic (exact) mass is 233 g/mol. The molecular formula is C12H12FN3O. The number of hydrogen-bond donors (Lipinski definition) is 2. The van der Waals surface area contributed by atoms with Gasteiger partial charge in [0.25, 0.3) is 0 Å². The van der Waals surface area contributed by atoms with Gasteiger partial charge in [0, 0.05) is 6.54 Å². The van der Waals surface area contributed by atoms with Crippen molar-refractivity contribution < 1.29 is 9.18 Å². The first kappa shape index (κ1) is 11.4. The van der Waals surface area contributed by atoms with Crippen molar-refractivity contribution in [3.63, 3.8) is 0 Å². The maximum atomic E-state index is 13.6.